The third-order valence-corrected chi connectivity index (χ3v) is 2.80. The highest BCUT2D eigenvalue weighted by atomic mass is 16.5. The molecule has 2 atom stereocenters. The lowest BCUT2D eigenvalue weighted by atomic mass is 10.2. The first-order valence-electron chi connectivity index (χ1n) is 6.30. The zero-order valence-corrected chi connectivity index (χ0v) is 11.6. The van der Waals surface area contributed by atoms with Gasteiger partial charge in [-0.1, -0.05) is 13.0 Å². The first-order chi connectivity index (χ1) is 8.58. The molecule has 1 rings (SSSR count). The second-order valence-electron chi connectivity index (χ2n) is 4.33. The molecular formula is C14H23NO3. The van der Waals surface area contributed by atoms with Crippen LogP contribution in [0.25, 0.3) is 0 Å². The van der Waals surface area contributed by atoms with Gasteiger partial charge in [0.15, 0.2) is 11.5 Å². The quantitative estimate of drug-likeness (QED) is 0.780. The van der Waals surface area contributed by atoms with Crippen LogP contribution in [0, 0.1) is 0 Å². The molecule has 18 heavy (non-hydrogen) atoms. The molecule has 0 radical (unpaired) electrons. The van der Waals surface area contributed by atoms with Gasteiger partial charge in [-0.2, -0.15) is 0 Å². The van der Waals surface area contributed by atoms with Crippen LogP contribution in [-0.2, 0) is 6.54 Å². The Kier molecular flexibility index (Phi) is 5.95. The summed E-state index contributed by atoms with van der Waals surface area (Å²) in [7, 11) is 1.61. The molecule has 0 fully saturated rings. The maximum Gasteiger partial charge on any atom is 0.162 e. The van der Waals surface area contributed by atoms with Gasteiger partial charge in [0.25, 0.3) is 0 Å². The topological polar surface area (TPSA) is 50.7 Å². The molecule has 0 heterocycles. The van der Waals surface area contributed by atoms with E-state index in [2.05, 4.69) is 12.2 Å². The fraction of sp³-hybridized carbons (Fsp3) is 0.571. The lowest BCUT2D eigenvalue weighted by Gasteiger charge is -2.19. The van der Waals surface area contributed by atoms with Crippen LogP contribution >= 0.6 is 0 Å². The molecule has 0 amide bonds. The lowest BCUT2D eigenvalue weighted by molar-refractivity contribution is 0.0586. The van der Waals surface area contributed by atoms with Crippen LogP contribution in [0.15, 0.2) is 18.2 Å². The Hall–Kier alpha value is -1.26. The maximum atomic E-state index is 9.48. The molecule has 0 bridgehead atoms. The molecule has 4 nitrogen and oxygen atoms in total. The molecule has 0 saturated heterocycles. The first-order valence-corrected chi connectivity index (χ1v) is 6.30. The molecule has 2 N–H and O–H groups in total. The summed E-state index contributed by atoms with van der Waals surface area (Å²) >= 11 is 0. The minimum absolute atomic E-state index is 0.270. The van der Waals surface area contributed by atoms with Gasteiger partial charge in [0.2, 0.25) is 0 Å². The summed E-state index contributed by atoms with van der Waals surface area (Å²) in [5.74, 6) is 1.35. The number of nitrogens with one attached hydrogen (secondary N) is 1. The van der Waals surface area contributed by atoms with E-state index in [9.17, 15) is 5.11 Å². The fourth-order valence-electron chi connectivity index (χ4n) is 1.49. The summed E-state index contributed by atoms with van der Waals surface area (Å²) in [6, 6.07) is 5.83. The highest BCUT2D eigenvalue weighted by Gasteiger charge is 2.14. The van der Waals surface area contributed by atoms with Crippen molar-refractivity contribution in [1.82, 2.24) is 5.32 Å². The zero-order valence-electron chi connectivity index (χ0n) is 11.6. The number of hydrogen-bond acceptors (Lipinski definition) is 4. The summed E-state index contributed by atoms with van der Waals surface area (Å²) in [6.07, 6.45) is -0.791. The molecular weight excluding hydrogens is 230 g/mol. The van der Waals surface area contributed by atoms with Gasteiger partial charge in [-0.25, -0.2) is 0 Å². The van der Waals surface area contributed by atoms with E-state index in [0.717, 1.165) is 18.7 Å². The Morgan fingerprint density at radius 1 is 1.28 bits per heavy atom. The van der Waals surface area contributed by atoms with Crippen LogP contribution in [-0.4, -0.2) is 31.0 Å². The molecule has 0 aromatic heterocycles. The summed E-state index contributed by atoms with van der Waals surface area (Å²) in [5, 5.41) is 12.7. The summed E-state index contributed by atoms with van der Waals surface area (Å²) in [5.41, 5.74) is 1.13. The average molecular weight is 253 g/mol. The van der Waals surface area contributed by atoms with Crippen molar-refractivity contribution in [2.24, 2.45) is 0 Å². The van der Waals surface area contributed by atoms with Crippen LogP contribution in [0.1, 0.15) is 26.3 Å². The summed E-state index contributed by atoms with van der Waals surface area (Å²) in [6.45, 7) is 7.32. The Bertz CT molecular complexity index is 366. The van der Waals surface area contributed by atoms with Gasteiger partial charge < -0.3 is 19.9 Å². The van der Waals surface area contributed by atoms with Gasteiger partial charge in [-0.05, 0) is 38.1 Å². The van der Waals surface area contributed by atoms with Crippen molar-refractivity contribution < 1.29 is 14.6 Å². The Labute approximate surface area is 109 Å². The van der Waals surface area contributed by atoms with Crippen molar-refractivity contribution in [3.05, 3.63) is 23.8 Å². The van der Waals surface area contributed by atoms with Gasteiger partial charge in [-0.3, -0.25) is 0 Å². The number of hydrogen-bond donors (Lipinski definition) is 2. The van der Waals surface area contributed by atoms with Crippen molar-refractivity contribution in [1.29, 1.82) is 0 Å². The third-order valence-electron chi connectivity index (χ3n) is 2.80. The van der Waals surface area contributed by atoms with Crippen LogP contribution in [0.4, 0.5) is 0 Å². The molecule has 1 aromatic carbocycles. The molecule has 2 unspecified atom stereocenters. The number of ether oxygens (including phenoxy) is 2. The van der Waals surface area contributed by atoms with Crippen LogP contribution in [0.5, 0.6) is 11.5 Å². The monoisotopic (exact) mass is 253 g/mol. The minimum Gasteiger partial charge on any atom is -0.493 e. The van der Waals surface area contributed by atoms with E-state index in [0.29, 0.717) is 11.5 Å². The van der Waals surface area contributed by atoms with E-state index >= 15 is 0 Å². The van der Waals surface area contributed by atoms with Crippen molar-refractivity contribution in [3.8, 4) is 11.5 Å². The second-order valence-corrected chi connectivity index (χ2v) is 4.33. The predicted molar refractivity (Wildman–Crippen MR) is 72.1 cm³/mol. The van der Waals surface area contributed by atoms with Crippen molar-refractivity contribution in [2.75, 3.05) is 13.7 Å². The zero-order chi connectivity index (χ0) is 13.5. The van der Waals surface area contributed by atoms with E-state index in [4.69, 9.17) is 9.47 Å². The smallest absolute Gasteiger partial charge is 0.162 e. The van der Waals surface area contributed by atoms with E-state index in [-0.39, 0.29) is 6.10 Å². The van der Waals surface area contributed by atoms with E-state index in [1.165, 1.54) is 0 Å². The molecule has 0 aliphatic rings. The highest BCUT2D eigenvalue weighted by molar-refractivity contribution is 5.43. The third kappa shape index (κ3) is 4.20. The van der Waals surface area contributed by atoms with Gasteiger partial charge in [0.05, 0.1) is 13.2 Å². The molecule has 1 aromatic rings. The SMILES string of the molecule is CCNCc1ccc(OC)c(OC(C)C(C)O)c1. The van der Waals surface area contributed by atoms with Gasteiger partial charge in [-0.15, -0.1) is 0 Å². The molecule has 0 saturated carbocycles. The van der Waals surface area contributed by atoms with E-state index in [1.54, 1.807) is 14.0 Å². The van der Waals surface area contributed by atoms with E-state index in [1.807, 2.05) is 25.1 Å². The average Bonchev–Trinajstić information content (AvgIpc) is 2.36. The summed E-state index contributed by atoms with van der Waals surface area (Å²) in [4.78, 5) is 0. The molecule has 0 aliphatic heterocycles. The van der Waals surface area contributed by atoms with E-state index < -0.39 is 6.10 Å². The number of methoxy groups -OCH3 is 1. The van der Waals surface area contributed by atoms with Crippen LogP contribution in [0.2, 0.25) is 0 Å². The normalized spacial score (nSPS) is 14.1. The molecule has 4 heteroatoms. The Balaban J connectivity index is 2.84. The molecule has 0 spiro atoms. The van der Waals surface area contributed by atoms with Crippen LogP contribution < -0.4 is 14.8 Å². The standard InChI is InChI=1S/C14H23NO3/c1-5-15-9-12-6-7-13(17-4)14(8-12)18-11(3)10(2)16/h6-8,10-11,15-16H,5,9H2,1-4H3. The Morgan fingerprint density at radius 2 is 2.00 bits per heavy atom. The lowest BCUT2D eigenvalue weighted by Crippen LogP contribution is -2.25. The fourth-order valence-corrected chi connectivity index (χ4v) is 1.49. The summed E-state index contributed by atoms with van der Waals surface area (Å²) < 4.78 is 11.0. The van der Waals surface area contributed by atoms with Crippen molar-refractivity contribution in [2.45, 2.75) is 39.5 Å². The number of rotatable bonds is 7. The highest BCUT2D eigenvalue weighted by Crippen LogP contribution is 2.29. The van der Waals surface area contributed by atoms with Crippen molar-refractivity contribution in [3.63, 3.8) is 0 Å². The maximum absolute atomic E-state index is 9.48. The van der Waals surface area contributed by atoms with Gasteiger partial charge in [0, 0.05) is 6.54 Å². The largest absolute Gasteiger partial charge is 0.493 e. The Morgan fingerprint density at radius 3 is 2.56 bits per heavy atom. The number of aliphatic hydroxyl groups excluding tert-OH is 1. The first kappa shape index (κ1) is 14.8. The predicted octanol–water partition coefficient (Wildman–Crippen LogP) is 1.95. The van der Waals surface area contributed by atoms with Crippen molar-refractivity contribution >= 4 is 0 Å². The number of aliphatic hydroxyl groups is 1. The van der Waals surface area contributed by atoms with Crippen LogP contribution in [0.3, 0.4) is 0 Å². The van der Waals surface area contributed by atoms with Gasteiger partial charge >= 0.3 is 0 Å². The molecule has 102 valence electrons. The minimum atomic E-state index is -0.521. The molecule has 0 aliphatic carbocycles. The second kappa shape index (κ2) is 7.24. The number of benzene rings is 1. The van der Waals surface area contributed by atoms with Gasteiger partial charge in [0.1, 0.15) is 6.10 Å².